The molecule has 1 heterocycles. The van der Waals surface area contributed by atoms with Crippen molar-refractivity contribution in [2.24, 2.45) is 5.92 Å². The predicted octanol–water partition coefficient (Wildman–Crippen LogP) is 1.99. The lowest BCUT2D eigenvalue weighted by Crippen LogP contribution is -2.49. The van der Waals surface area contributed by atoms with Crippen molar-refractivity contribution in [3.05, 3.63) is 48.3 Å². The van der Waals surface area contributed by atoms with Gasteiger partial charge in [-0.25, -0.2) is 4.68 Å². The average molecular weight is 328 g/mol. The fraction of sp³-hybridized carbons (Fsp3) is 0.389. The zero-order valence-corrected chi connectivity index (χ0v) is 14.6. The highest BCUT2D eigenvalue weighted by Gasteiger charge is 2.26. The number of nitrogens with zero attached hydrogens (tertiary/aromatic N) is 3. The van der Waals surface area contributed by atoms with Crippen LogP contribution in [0.15, 0.2) is 42.7 Å². The van der Waals surface area contributed by atoms with Crippen molar-refractivity contribution >= 4 is 11.8 Å². The lowest BCUT2D eigenvalue weighted by molar-refractivity contribution is -0.136. The summed E-state index contributed by atoms with van der Waals surface area (Å²) in [6.45, 7) is 5.70. The molecule has 1 aromatic carbocycles. The topological polar surface area (TPSA) is 67.2 Å². The molecule has 1 unspecified atom stereocenters. The van der Waals surface area contributed by atoms with Crippen LogP contribution in [0.1, 0.15) is 26.3 Å². The summed E-state index contributed by atoms with van der Waals surface area (Å²) in [5.41, 5.74) is 1.90. The minimum atomic E-state index is -0.517. The van der Waals surface area contributed by atoms with E-state index in [-0.39, 0.29) is 17.7 Å². The van der Waals surface area contributed by atoms with Gasteiger partial charge in [0.1, 0.15) is 6.04 Å². The number of benzene rings is 1. The second-order valence-corrected chi connectivity index (χ2v) is 6.25. The van der Waals surface area contributed by atoms with Crippen LogP contribution < -0.4 is 5.32 Å². The summed E-state index contributed by atoms with van der Waals surface area (Å²) in [5.74, 6) is -0.282. The monoisotopic (exact) mass is 328 g/mol. The molecule has 2 aromatic rings. The van der Waals surface area contributed by atoms with Gasteiger partial charge in [-0.3, -0.25) is 9.59 Å². The lowest BCUT2D eigenvalue weighted by Gasteiger charge is -2.26. The second kappa shape index (κ2) is 7.77. The van der Waals surface area contributed by atoms with Gasteiger partial charge in [-0.1, -0.05) is 32.0 Å². The smallest absolute Gasteiger partial charge is 0.245 e. The van der Waals surface area contributed by atoms with Crippen molar-refractivity contribution in [2.45, 2.75) is 33.4 Å². The molecule has 6 nitrogen and oxygen atoms in total. The van der Waals surface area contributed by atoms with Crippen LogP contribution in [0.4, 0.5) is 0 Å². The van der Waals surface area contributed by atoms with Crippen LogP contribution in [-0.2, 0) is 16.1 Å². The molecule has 0 aliphatic rings. The first-order chi connectivity index (χ1) is 11.4. The van der Waals surface area contributed by atoms with Crippen LogP contribution in [0.25, 0.3) is 5.69 Å². The standard InChI is InChI=1S/C18H24N4O2/c1-13(2)17(20-14(3)23)18(24)21(4)11-15-10-19-22(12-15)16-8-6-5-7-9-16/h5-10,12-13,17H,11H2,1-4H3,(H,20,23). The molecule has 0 aliphatic heterocycles. The van der Waals surface area contributed by atoms with Gasteiger partial charge in [-0.05, 0) is 18.1 Å². The first-order valence-electron chi connectivity index (χ1n) is 7.99. The summed E-state index contributed by atoms with van der Waals surface area (Å²) in [5, 5.41) is 7.06. The summed E-state index contributed by atoms with van der Waals surface area (Å²) in [6.07, 6.45) is 3.65. The Bertz CT molecular complexity index is 694. The van der Waals surface area contributed by atoms with E-state index >= 15 is 0 Å². The zero-order chi connectivity index (χ0) is 17.7. The van der Waals surface area contributed by atoms with Gasteiger partial charge < -0.3 is 10.2 Å². The van der Waals surface area contributed by atoms with E-state index in [0.717, 1.165) is 11.3 Å². The van der Waals surface area contributed by atoms with Gasteiger partial charge in [0, 0.05) is 32.3 Å². The molecule has 1 atom stereocenters. The van der Waals surface area contributed by atoms with Gasteiger partial charge in [0.2, 0.25) is 11.8 Å². The Hall–Kier alpha value is -2.63. The highest BCUT2D eigenvalue weighted by molar-refractivity contribution is 5.86. The SMILES string of the molecule is CC(=O)NC(C(=O)N(C)Cc1cnn(-c2ccccc2)c1)C(C)C. The maximum absolute atomic E-state index is 12.6. The summed E-state index contributed by atoms with van der Waals surface area (Å²) in [4.78, 5) is 25.5. The number of para-hydroxylation sites is 1. The van der Waals surface area contributed by atoms with Crippen molar-refractivity contribution in [3.8, 4) is 5.69 Å². The molecule has 0 saturated carbocycles. The number of carbonyl (C=O) groups is 2. The van der Waals surface area contributed by atoms with Crippen molar-refractivity contribution < 1.29 is 9.59 Å². The minimum absolute atomic E-state index is 0.0240. The maximum Gasteiger partial charge on any atom is 0.245 e. The van der Waals surface area contributed by atoms with Crippen LogP contribution in [0.2, 0.25) is 0 Å². The molecule has 128 valence electrons. The highest BCUT2D eigenvalue weighted by Crippen LogP contribution is 2.11. The third kappa shape index (κ3) is 4.44. The molecule has 1 aromatic heterocycles. The molecule has 1 N–H and O–H groups in total. The third-order valence-corrected chi connectivity index (χ3v) is 3.74. The Morgan fingerprint density at radius 2 is 1.92 bits per heavy atom. The summed E-state index contributed by atoms with van der Waals surface area (Å²) < 4.78 is 1.78. The van der Waals surface area contributed by atoms with Crippen molar-refractivity contribution in [1.29, 1.82) is 0 Å². The lowest BCUT2D eigenvalue weighted by atomic mass is 10.0. The van der Waals surface area contributed by atoms with E-state index in [9.17, 15) is 9.59 Å². The number of hydrogen-bond donors (Lipinski definition) is 1. The number of nitrogens with one attached hydrogen (secondary N) is 1. The summed E-state index contributed by atoms with van der Waals surface area (Å²) in [6, 6.07) is 9.28. The minimum Gasteiger partial charge on any atom is -0.344 e. The third-order valence-electron chi connectivity index (χ3n) is 3.74. The number of likely N-dealkylation sites (N-methyl/N-ethyl adjacent to an activating group) is 1. The Kier molecular flexibility index (Phi) is 5.73. The number of hydrogen-bond acceptors (Lipinski definition) is 3. The molecule has 0 saturated heterocycles. The van der Waals surface area contributed by atoms with E-state index in [1.165, 1.54) is 6.92 Å². The second-order valence-electron chi connectivity index (χ2n) is 6.25. The summed E-state index contributed by atoms with van der Waals surface area (Å²) in [7, 11) is 1.74. The zero-order valence-electron chi connectivity index (χ0n) is 14.6. The molecular formula is C18H24N4O2. The first-order valence-corrected chi connectivity index (χ1v) is 7.99. The summed E-state index contributed by atoms with van der Waals surface area (Å²) >= 11 is 0. The number of amides is 2. The van der Waals surface area contributed by atoms with Crippen LogP contribution in [0, 0.1) is 5.92 Å². The number of carbonyl (C=O) groups excluding carboxylic acids is 2. The van der Waals surface area contributed by atoms with E-state index in [4.69, 9.17) is 0 Å². The number of aromatic nitrogens is 2. The maximum atomic E-state index is 12.6. The van der Waals surface area contributed by atoms with Crippen LogP contribution in [0.5, 0.6) is 0 Å². The Morgan fingerprint density at radius 3 is 2.50 bits per heavy atom. The first kappa shape index (κ1) is 17.7. The molecule has 24 heavy (non-hydrogen) atoms. The van der Waals surface area contributed by atoms with E-state index in [1.807, 2.05) is 50.4 Å². The normalized spacial score (nSPS) is 12.0. The molecule has 0 aliphatic carbocycles. The molecule has 2 amide bonds. The Balaban J connectivity index is 2.06. The molecule has 2 rings (SSSR count). The van der Waals surface area contributed by atoms with E-state index in [0.29, 0.717) is 6.54 Å². The Morgan fingerprint density at radius 1 is 1.25 bits per heavy atom. The van der Waals surface area contributed by atoms with Crippen LogP contribution in [-0.4, -0.2) is 39.6 Å². The van der Waals surface area contributed by atoms with Gasteiger partial charge >= 0.3 is 0 Å². The molecule has 6 heteroatoms. The number of rotatable bonds is 6. The highest BCUT2D eigenvalue weighted by atomic mass is 16.2. The average Bonchev–Trinajstić information content (AvgIpc) is 3.01. The van der Waals surface area contributed by atoms with Crippen molar-refractivity contribution in [1.82, 2.24) is 20.0 Å². The van der Waals surface area contributed by atoms with E-state index in [2.05, 4.69) is 10.4 Å². The molecular weight excluding hydrogens is 304 g/mol. The van der Waals surface area contributed by atoms with Crippen LogP contribution >= 0.6 is 0 Å². The van der Waals surface area contributed by atoms with Crippen molar-refractivity contribution in [3.63, 3.8) is 0 Å². The predicted molar refractivity (Wildman–Crippen MR) is 92.5 cm³/mol. The molecule has 0 radical (unpaired) electrons. The largest absolute Gasteiger partial charge is 0.344 e. The van der Waals surface area contributed by atoms with Gasteiger partial charge in [-0.15, -0.1) is 0 Å². The Labute approximate surface area is 142 Å². The molecule has 0 bridgehead atoms. The fourth-order valence-electron chi connectivity index (χ4n) is 2.49. The molecule has 0 spiro atoms. The van der Waals surface area contributed by atoms with E-state index in [1.54, 1.807) is 22.8 Å². The van der Waals surface area contributed by atoms with Gasteiger partial charge in [-0.2, -0.15) is 5.10 Å². The molecule has 0 fully saturated rings. The van der Waals surface area contributed by atoms with Gasteiger partial charge in [0.25, 0.3) is 0 Å². The van der Waals surface area contributed by atoms with E-state index < -0.39 is 6.04 Å². The van der Waals surface area contributed by atoms with Gasteiger partial charge in [0.15, 0.2) is 0 Å². The fourth-order valence-corrected chi connectivity index (χ4v) is 2.49. The van der Waals surface area contributed by atoms with Crippen LogP contribution in [0.3, 0.4) is 0 Å². The van der Waals surface area contributed by atoms with Crippen molar-refractivity contribution in [2.75, 3.05) is 7.05 Å². The van der Waals surface area contributed by atoms with Gasteiger partial charge in [0.05, 0.1) is 11.9 Å². The quantitative estimate of drug-likeness (QED) is 0.882.